The number of nitrogens with zero attached hydrogens (tertiary/aromatic N) is 1. The van der Waals surface area contributed by atoms with E-state index < -0.39 is 0 Å². The van der Waals surface area contributed by atoms with Gasteiger partial charge in [0.25, 0.3) is 0 Å². The molecule has 8 heavy (non-hydrogen) atoms. The van der Waals surface area contributed by atoms with Crippen LogP contribution < -0.4 is 23.8 Å². The average Bonchev–Trinajstić information content (AvgIpc) is 1.91. The van der Waals surface area contributed by atoms with Gasteiger partial charge < -0.3 is 4.98 Å². The third kappa shape index (κ3) is 1.76. The molecule has 38 valence electrons. The van der Waals surface area contributed by atoms with Crippen LogP contribution in [0.5, 0.6) is 0 Å². The van der Waals surface area contributed by atoms with Crippen molar-refractivity contribution in [2.24, 2.45) is 0 Å². The second-order valence-electron chi connectivity index (χ2n) is 1.10. The van der Waals surface area contributed by atoms with Gasteiger partial charge in [0.05, 0.1) is 0 Å². The van der Waals surface area contributed by atoms with E-state index in [4.69, 9.17) is 23.2 Å². The predicted molar refractivity (Wildman–Crippen MR) is 29.8 cm³/mol. The van der Waals surface area contributed by atoms with E-state index in [1.54, 1.807) is 0 Å². The summed E-state index contributed by atoms with van der Waals surface area (Å²) in [6.07, 6.45) is 3.01. The minimum Gasteiger partial charge on any atom is -0.668 e. The van der Waals surface area contributed by atoms with Crippen LogP contribution in [0.25, 0.3) is 0 Å². The molecule has 0 bridgehead atoms. The van der Waals surface area contributed by atoms with Crippen molar-refractivity contribution in [2.75, 3.05) is 0 Å². The molecule has 0 amide bonds. The first kappa shape index (κ1) is 8.46. The molecule has 0 aliphatic rings. The Morgan fingerprint density at radius 1 is 1.12 bits per heavy atom. The number of halogens is 2. The first-order chi connectivity index (χ1) is 3.30. The van der Waals surface area contributed by atoms with Crippen LogP contribution in [0.3, 0.4) is 0 Å². The Morgan fingerprint density at radius 2 is 1.50 bits per heavy atom. The molecule has 0 radical (unpaired) electrons. The monoisotopic (exact) mass is 141 g/mol. The van der Waals surface area contributed by atoms with Crippen LogP contribution in [0.15, 0.2) is 12.4 Å². The molecular weight excluding hydrogens is 140 g/mol. The molecular formula is C4H2Cl2LiN. The molecule has 1 nitrogen and oxygen atoms in total. The quantitative estimate of drug-likeness (QED) is 0.421. The maximum Gasteiger partial charge on any atom is 1.00 e. The van der Waals surface area contributed by atoms with Crippen LogP contribution in [-0.2, 0) is 0 Å². The Kier molecular flexibility index (Phi) is 3.68. The first-order valence-corrected chi connectivity index (χ1v) is 2.48. The summed E-state index contributed by atoms with van der Waals surface area (Å²) in [7, 11) is 0. The minimum absolute atomic E-state index is 0. The van der Waals surface area contributed by atoms with Gasteiger partial charge in [-0.2, -0.15) is 12.4 Å². The average molecular weight is 142 g/mol. The molecule has 1 aromatic heterocycles. The molecule has 0 N–H and O–H groups in total. The summed E-state index contributed by atoms with van der Waals surface area (Å²) < 4.78 is 0. The summed E-state index contributed by atoms with van der Waals surface area (Å²) in [6, 6.07) is 0. The first-order valence-electron chi connectivity index (χ1n) is 1.72. The molecule has 1 heterocycles. The molecule has 0 spiro atoms. The smallest absolute Gasteiger partial charge is 0.668 e. The van der Waals surface area contributed by atoms with Crippen LogP contribution in [0.1, 0.15) is 0 Å². The zero-order valence-corrected chi connectivity index (χ0v) is 5.87. The van der Waals surface area contributed by atoms with E-state index in [1.165, 1.54) is 12.4 Å². The fourth-order valence-electron chi connectivity index (χ4n) is 0.291. The molecule has 0 saturated heterocycles. The maximum atomic E-state index is 5.43. The van der Waals surface area contributed by atoms with Crippen LogP contribution >= 0.6 is 23.2 Å². The van der Waals surface area contributed by atoms with Crippen molar-refractivity contribution >= 4 is 23.2 Å². The van der Waals surface area contributed by atoms with Crippen molar-refractivity contribution in [3.05, 3.63) is 22.4 Å². The molecule has 0 aromatic carbocycles. The molecule has 0 aliphatic heterocycles. The van der Waals surface area contributed by atoms with Crippen molar-refractivity contribution in [1.82, 2.24) is 4.98 Å². The van der Waals surface area contributed by atoms with Gasteiger partial charge in [-0.3, -0.25) is 0 Å². The van der Waals surface area contributed by atoms with Gasteiger partial charge in [0, 0.05) is 10.0 Å². The van der Waals surface area contributed by atoms with Crippen molar-refractivity contribution in [1.29, 1.82) is 0 Å². The maximum absolute atomic E-state index is 5.43. The Hall–Kier alpha value is 0.457. The second kappa shape index (κ2) is 3.48. The fourth-order valence-corrected chi connectivity index (χ4v) is 0.502. The molecule has 0 aliphatic carbocycles. The van der Waals surface area contributed by atoms with E-state index in [2.05, 4.69) is 4.98 Å². The van der Waals surface area contributed by atoms with E-state index in [0.717, 1.165) is 0 Å². The fraction of sp³-hybridized carbons (Fsp3) is 0. The number of hydrogen-bond acceptors (Lipinski definition) is 0. The molecule has 1 aromatic rings. The minimum atomic E-state index is 0. The Labute approximate surface area is 69.5 Å². The molecule has 0 fully saturated rings. The van der Waals surface area contributed by atoms with Crippen molar-refractivity contribution < 1.29 is 18.9 Å². The number of aromatic nitrogens is 1. The van der Waals surface area contributed by atoms with E-state index in [0.29, 0.717) is 10.0 Å². The van der Waals surface area contributed by atoms with Gasteiger partial charge in [-0.25, -0.2) is 0 Å². The third-order valence-electron chi connectivity index (χ3n) is 0.604. The van der Waals surface area contributed by atoms with Crippen molar-refractivity contribution in [2.45, 2.75) is 0 Å². The van der Waals surface area contributed by atoms with Gasteiger partial charge >= 0.3 is 18.9 Å². The topological polar surface area (TPSA) is 14.1 Å². The molecule has 4 heteroatoms. The van der Waals surface area contributed by atoms with Crippen LogP contribution in [0.4, 0.5) is 0 Å². The molecule has 1 rings (SSSR count). The van der Waals surface area contributed by atoms with Gasteiger partial charge in [-0.15, -0.1) is 0 Å². The van der Waals surface area contributed by atoms with E-state index >= 15 is 0 Å². The van der Waals surface area contributed by atoms with Gasteiger partial charge in [0.1, 0.15) is 0 Å². The number of hydrogen-bond donors (Lipinski definition) is 0. The van der Waals surface area contributed by atoms with Crippen LogP contribution in [0.2, 0.25) is 10.0 Å². The summed E-state index contributed by atoms with van der Waals surface area (Å²) in [5.41, 5.74) is 0. The molecule has 0 atom stereocenters. The Balaban J connectivity index is 0.000000490. The van der Waals surface area contributed by atoms with Gasteiger partial charge in [-0.1, -0.05) is 23.2 Å². The van der Waals surface area contributed by atoms with Crippen LogP contribution in [-0.4, -0.2) is 0 Å². The summed E-state index contributed by atoms with van der Waals surface area (Å²) in [5.74, 6) is 0. The standard InChI is InChI=1S/C4H2Cl2N.Li/c5-3-1-7-2-4(3)6;/h1-2H;/q-1;+1. The Morgan fingerprint density at radius 3 is 1.62 bits per heavy atom. The second-order valence-corrected chi connectivity index (χ2v) is 1.92. The summed E-state index contributed by atoms with van der Waals surface area (Å²) in [5, 5.41) is 1.03. The SMILES string of the molecule is Clc1c[n-]cc1Cl.[Li+]. The third-order valence-corrected chi connectivity index (χ3v) is 1.30. The summed E-state index contributed by atoms with van der Waals surface area (Å²) >= 11 is 10.9. The van der Waals surface area contributed by atoms with Gasteiger partial charge in [0.2, 0.25) is 0 Å². The zero-order valence-electron chi connectivity index (χ0n) is 4.36. The molecule has 0 unspecified atom stereocenters. The van der Waals surface area contributed by atoms with E-state index in [9.17, 15) is 0 Å². The van der Waals surface area contributed by atoms with E-state index in [-0.39, 0.29) is 18.9 Å². The summed E-state index contributed by atoms with van der Waals surface area (Å²) in [4.78, 5) is 3.66. The largest absolute Gasteiger partial charge is 1.00 e. The molecule has 0 saturated carbocycles. The van der Waals surface area contributed by atoms with Crippen LogP contribution in [0, 0.1) is 0 Å². The van der Waals surface area contributed by atoms with Crippen molar-refractivity contribution in [3.8, 4) is 0 Å². The number of rotatable bonds is 0. The van der Waals surface area contributed by atoms with Crippen molar-refractivity contribution in [3.63, 3.8) is 0 Å². The Bertz CT molecular complexity index is 146. The predicted octanol–water partition coefficient (Wildman–Crippen LogP) is -1.05. The van der Waals surface area contributed by atoms with Gasteiger partial charge in [0.15, 0.2) is 0 Å². The normalized spacial score (nSPS) is 8.25. The van der Waals surface area contributed by atoms with E-state index in [1.807, 2.05) is 0 Å². The zero-order chi connectivity index (χ0) is 5.28. The summed E-state index contributed by atoms with van der Waals surface area (Å²) in [6.45, 7) is 0. The van der Waals surface area contributed by atoms with Gasteiger partial charge in [-0.05, 0) is 0 Å².